The molecule has 0 aliphatic carbocycles. The van der Waals surface area contributed by atoms with Crippen molar-refractivity contribution in [1.82, 2.24) is 10.2 Å². The van der Waals surface area contributed by atoms with E-state index in [2.05, 4.69) is 41.4 Å². The van der Waals surface area contributed by atoms with Crippen molar-refractivity contribution in [3.63, 3.8) is 0 Å². The molecule has 2 rings (SSSR count). The van der Waals surface area contributed by atoms with Gasteiger partial charge >= 0.3 is 0 Å². The highest BCUT2D eigenvalue weighted by molar-refractivity contribution is 5.85. The van der Waals surface area contributed by atoms with Crippen LogP contribution in [-0.2, 0) is 4.79 Å². The van der Waals surface area contributed by atoms with E-state index in [1.165, 1.54) is 11.1 Å². The van der Waals surface area contributed by atoms with Crippen LogP contribution < -0.4 is 11.1 Å². The first-order valence-electron chi connectivity index (χ1n) is 8.71. The van der Waals surface area contributed by atoms with Gasteiger partial charge in [0.05, 0.1) is 12.0 Å². The van der Waals surface area contributed by atoms with Crippen LogP contribution in [0.1, 0.15) is 35.7 Å². The van der Waals surface area contributed by atoms with E-state index >= 15 is 0 Å². The Balaban J connectivity index is 0.00000338. The van der Waals surface area contributed by atoms with Gasteiger partial charge in [0, 0.05) is 12.6 Å². The van der Waals surface area contributed by atoms with Crippen molar-refractivity contribution in [3.05, 3.63) is 71.3 Å². The molecule has 4 nitrogen and oxygen atoms in total. The molecule has 0 aliphatic rings. The molecule has 2 aromatic rings. The van der Waals surface area contributed by atoms with Crippen molar-refractivity contribution in [1.29, 1.82) is 0 Å². The lowest BCUT2D eigenvalue weighted by atomic mass is 9.94. The summed E-state index contributed by atoms with van der Waals surface area (Å²) < 4.78 is 0. The molecule has 3 unspecified atom stereocenters. The molecule has 0 fully saturated rings. The molecule has 0 heterocycles. The molecule has 27 heavy (non-hydrogen) atoms. The molecule has 0 aliphatic heterocycles. The number of benzene rings is 2. The Morgan fingerprint density at radius 3 is 2.07 bits per heavy atom. The predicted molar refractivity (Wildman–Crippen MR) is 118 cm³/mol. The first-order valence-corrected chi connectivity index (χ1v) is 8.71. The summed E-state index contributed by atoms with van der Waals surface area (Å²) in [6.07, 6.45) is 0. The molecule has 3 N–H and O–H groups in total. The molecule has 0 saturated heterocycles. The Morgan fingerprint density at radius 1 is 1.00 bits per heavy atom. The van der Waals surface area contributed by atoms with E-state index < -0.39 is 0 Å². The van der Waals surface area contributed by atoms with Gasteiger partial charge in [0.25, 0.3) is 0 Å². The molecule has 0 saturated carbocycles. The molecule has 3 atom stereocenters. The highest BCUT2D eigenvalue weighted by Crippen LogP contribution is 2.21. The summed E-state index contributed by atoms with van der Waals surface area (Å²) in [5.74, 6) is -0.307. The van der Waals surface area contributed by atoms with Crippen molar-refractivity contribution in [2.24, 2.45) is 11.7 Å². The maximum atomic E-state index is 12.6. The van der Waals surface area contributed by atoms with E-state index in [0.717, 1.165) is 5.56 Å². The molecule has 1 amide bonds. The maximum absolute atomic E-state index is 12.6. The summed E-state index contributed by atoms with van der Waals surface area (Å²) in [5, 5.41) is 3.07. The van der Waals surface area contributed by atoms with Gasteiger partial charge in [-0.2, -0.15) is 0 Å². The second kappa shape index (κ2) is 12.0. The third-order valence-electron chi connectivity index (χ3n) is 4.69. The fourth-order valence-corrected chi connectivity index (χ4v) is 2.87. The Morgan fingerprint density at radius 2 is 1.56 bits per heavy atom. The zero-order valence-electron chi connectivity index (χ0n) is 16.4. The Kier molecular flexibility index (Phi) is 11.3. The molecular weight excluding hydrogens is 381 g/mol. The van der Waals surface area contributed by atoms with Gasteiger partial charge in [-0.1, -0.05) is 67.1 Å². The molecule has 0 aromatic heterocycles. The van der Waals surface area contributed by atoms with Crippen LogP contribution in [0.25, 0.3) is 0 Å². The third-order valence-corrected chi connectivity index (χ3v) is 4.69. The Labute approximate surface area is 175 Å². The number of nitrogens with one attached hydrogen (secondary N) is 1. The minimum absolute atomic E-state index is 0. The largest absolute Gasteiger partial charge is 0.354 e. The average Bonchev–Trinajstić information content (AvgIpc) is 2.62. The van der Waals surface area contributed by atoms with Crippen LogP contribution in [0.2, 0.25) is 0 Å². The second-order valence-electron chi connectivity index (χ2n) is 6.86. The summed E-state index contributed by atoms with van der Waals surface area (Å²) in [7, 11) is 4.05. The number of likely N-dealkylation sites (N-methyl/N-ethyl adjacent to an activating group) is 1. The predicted octanol–water partition coefficient (Wildman–Crippen LogP) is 3.89. The Hall–Kier alpha value is -1.59. The number of halogens is 2. The lowest BCUT2D eigenvalue weighted by molar-refractivity contribution is -0.125. The summed E-state index contributed by atoms with van der Waals surface area (Å²) in [5.41, 5.74) is 9.66. The number of amides is 1. The van der Waals surface area contributed by atoms with Crippen LogP contribution >= 0.6 is 24.8 Å². The van der Waals surface area contributed by atoms with Crippen molar-refractivity contribution in [2.45, 2.75) is 25.9 Å². The lowest BCUT2D eigenvalue weighted by Crippen LogP contribution is -2.40. The van der Waals surface area contributed by atoms with Crippen molar-refractivity contribution in [2.75, 3.05) is 20.6 Å². The normalized spacial score (nSPS) is 13.7. The van der Waals surface area contributed by atoms with Gasteiger partial charge in [-0.3, -0.25) is 4.79 Å². The van der Waals surface area contributed by atoms with Crippen LogP contribution in [0.4, 0.5) is 0 Å². The highest BCUT2D eigenvalue weighted by atomic mass is 35.5. The number of aryl methyl sites for hydroxylation is 1. The number of hydrogen-bond acceptors (Lipinski definition) is 3. The van der Waals surface area contributed by atoms with Crippen molar-refractivity contribution >= 4 is 30.7 Å². The number of rotatable bonds is 7. The lowest BCUT2D eigenvalue weighted by Gasteiger charge is -2.27. The first-order chi connectivity index (χ1) is 11.9. The zero-order chi connectivity index (χ0) is 18.4. The van der Waals surface area contributed by atoms with E-state index in [1.807, 2.05) is 51.4 Å². The summed E-state index contributed by atoms with van der Waals surface area (Å²) >= 11 is 0. The molecule has 0 radical (unpaired) electrons. The second-order valence-corrected chi connectivity index (χ2v) is 6.86. The van der Waals surface area contributed by atoms with Crippen LogP contribution in [0.5, 0.6) is 0 Å². The minimum Gasteiger partial charge on any atom is -0.354 e. The quantitative estimate of drug-likeness (QED) is 0.726. The SMILES string of the molecule is Cc1ccc(C(CNC(=O)C(C)C(N)c2ccccc2)N(C)C)cc1.Cl.Cl. The van der Waals surface area contributed by atoms with E-state index in [4.69, 9.17) is 5.73 Å². The monoisotopic (exact) mass is 411 g/mol. The van der Waals surface area contributed by atoms with E-state index in [-0.39, 0.29) is 48.7 Å². The highest BCUT2D eigenvalue weighted by Gasteiger charge is 2.23. The summed E-state index contributed by atoms with van der Waals surface area (Å²) in [6, 6.07) is 18.0. The topological polar surface area (TPSA) is 58.4 Å². The van der Waals surface area contributed by atoms with Gasteiger partial charge in [-0.05, 0) is 32.1 Å². The maximum Gasteiger partial charge on any atom is 0.224 e. The fraction of sp³-hybridized carbons (Fsp3) is 0.381. The summed E-state index contributed by atoms with van der Waals surface area (Å²) in [6.45, 7) is 4.51. The Bertz CT molecular complexity index is 678. The average molecular weight is 412 g/mol. The smallest absolute Gasteiger partial charge is 0.224 e. The number of carbonyl (C=O) groups is 1. The van der Waals surface area contributed by atoms with Gasteiger partial charge < -0.3 is 16.0 Å². The van der Waals surface area contributed by atoms with Gasteiger partial charge in [-0.25, -0.2) is 0 Å². The van der Waals surface area contributed by atoms with Crippen LogP contribution in [0.3, 0.4) is 0 Å². The van der Waals surface area contributed by atoms with E-state index in [0.29, 0.717) is 6.54 Å². The number of hydrogen-bond donors (Lipinski definition) is 2. The molecule has 0 bridgehead atoms. The molecular formula is C21H31Cl2N3O. The van der Waals surface area contributed by atoms with Crippen LogP contribution in [-0.4, -0.2) is 31.4 Å². The van der Waals surface area contributed by atoms with E-state index in [1.54, 1.807) is 0 Å². The third kappa shape index (κ3) is 7.15. The first kappa shape index (κ1) is 25.4. The standard InChI is InChI=1S/C21H29N3O.2ClH/c1-15-10-12-17(13-11-15)19(24(3)4)14-23-21(25)16(2)20(22)18-8-6-5-7-9-18;;/h5-13,16,19-20H,14,22H2,1-4H3,(H,23,25);2*1H. The number of carbonyl (C=O) groups excluding carboxylic acids is 1. The van der Waals surface area contributed by atoms with Crippen LogP contribution in [0, 0.1) is 12.8 Å². The van der Waals surface area contributed by atoms with Crippen molar-refractivity contribution in [3.8, 4) is 0 Å². The fourth-order valence-electron chi connectivity index (χ4n) is 2.87. The molecule has 6 heteroatoms. The van der Waals surface area contributed by atoms with Gasteiger partial charge in [0.2, 0.25) is 5.91 Å². The number of nitrogens with two attached hydrogens (primary N) is 1. The van der Waals surface area contributed by atoms with E-state index in [9.17, 15) is 4.79 Å². The van der Waals surface area contributed by atoms with Gasteiger partial charge in [0.1, 0.15) is 0 Å². The van der Waals surface area contributed by atoms with Gasteiger partial charge in [-0.15, -0.1) is 24.8 Å². The van der Waals surface area contributed by atoms with Gasteiger partial charge in [0.15, 0.2) is 0 Å². The zero-order valence-corrected chi connectivity index (χ0v) is 18.0. The molecule has 150 valence electrons. The number of nitrogens with zero attached hydrogens (tertiary/aromatic N) is 1. The molecule has 0 spiro atoms. The minimum atomic E-state index is -0.307. The van der Waals surface area contributed by atoms with Crippen LogP contribution in [0.15, 0.2) is 54.6 Å². The summed E-state index contributed by atoms with van der Waals surface area (Å²) in [4.78, 5) is 14.7. The van der Waals surface area contributed by atoms with Crippen molar-refractivity contribution < 1.29 is 4.79 Å². The molecule has 2 aromatic carbocycles.